The zero-order chi connectivity index (χ0) is 13.4. The SMILES string of the molecule is O=[N+]([O-])c1cnc(NC2CCn3cncc32)c(Br)c1. The van der Waals surface area contributed by atoms with E-state index >= 15 is 0 Å². The van der Waals surface area contributed by atoms with Crippen molar-refractivity contribution in [3.63, 3.8) is 0 Å². The maximum absolute atomic E-state index is 10.7. The fourth-order valence-electron chi connectivity index (χ4n) is 2.17. The number of nitrogens with zero attached hydrogens (tertiary/aromatic N) is 4. The van der Waals surface area contributed by atoms with Gasteiger partial charge >= 0.3 is 0 Å². The molecule has 0 radical (unpaired) electrons. The van der Waals surface area contributed by atoms with E-state index in [1.807, 2.05) is 6.20 Å². The van der Waals surface area contributed by atoms with Crippen LogP contribution in [0.25, 0.3) is 0 Å². The van der Waals surface area contributed by atoms with Gasteiger partial charge in [0.1, 0.15) is 12.0 Å². The number of nitrogens with one attached hydrogen (secondary N) is 1. The highest BCUT2D eigenvalue weighted by Crippen LogP contribution is 2.32. The minimum Gasteiger partial charge on any atom is -0.361 e. The van der Waals surface area contributed by atoms with Gasteiger partial charge in [0.2, 0.25) is 0 Å². The first-order chi connectivity index (χ1) is 9.15. The Morgan fingerprint density at radius 3 is 3.11 bits per heavy atom. The number of nitro groups is 1. The average molecular weight is 324 g/mol. The van der Waals surface area contributed by atoms with Crippen molar-refractivity contribution in [2.45, 2.75) is 19.0 Å². The maximum Gasteiger partial charge on any atom is 0.288 e. The van der Waals surface area contributed by atoms with Crippen LogP contribution in [0.2, 0.25) is 0 Å². The Hall–Kier alpha value is -1.96. The van der Waals surface area contributed by atoms with Crippen LogP contribution in [0.4, 0.5) is 11.5 Å². The first-order valence-electron chi connectivity index (χ1n) is 5.71. The summed E-state index contributed by atoms with van der Waals surface area (Å²) in [6, 6.07) is 1.58. The molecule has 19 heavy (non-hydrogen) atoms. The normalized spacial score (nSPS) is 17.2. The van der Waals surface area contributed by atoms with E-state index in [2.05, 4.69) is 35.8 Å². The summed E-state index contributed by atoms with van der Waals surface area (Å²) in [5.41, 5.74) is 1.07. The van der Waals surface area contributed by atoms with E-state index in [4.69, 9.17) is 0 Å². The van der Waals surface area contributed by atoms with Crippen LogP contribution in [-0.4, -0.2) is 19.5 Å². The van der Waals surface area contributed by atoms with Gasteiger partial charge in [-0.2, -0.15) is 0 Å². The van der Waals surface area contributed by atoms with Gasteiger partial charge in [-0.15, -0.1) is 0 Å². The summed E-state index contributed by atoms with van der Waals surface area (Å²) in [5.74, 6) is 0.602. The highest BCUT2D eigenvalue weighted by molar-refractivity contribution is 9.10. The number of aromatic nitrogens is 3. The molecule has 3 heterocycles. The van der Waals surface area contributed by atoms with Gasteiger partial charge in [0.15, 0.2) is 0 Å². The highest BCUT2D eigenvalue weighted by Gasteiger charge is 2.23. The summed E-state index contributed by atoms with van der Waals surface area (Å²) >= 11 is 3.30. The number of halogens is 1. The van der Waals surface area contributed by atoms with E-state index in [-0.39, 0.29) is 11.7 Å². The molecule has 8 heteroatoms. The molecule has 0 saturated carbocycles. The van der Waals surface area contributed by atoms with Crippen molar-refractivity contribution < 1.29 is 4.92 Å². The van der Waals surface area contributed by atoms with Gasteiger partial charge in [-0.25, -0.2) is 9.97 Å². The Morgan fingerprint density at radius 1 is 1.53 bits per heavy atom. The molecule has 0 bridgehead atoms. The zero-order valence-electron chi connectivity index (χ0n) is 9.78. The predicted molar refractivity (Wildman–Crippen MR) is 71.8 cm³/mol. The third-order valence-electron chi connectivity index (χ3n) is 3.11. The van der Waals surface area contributed by atoms with E-state index in [9.17, 15) is 10.1 Å². The summed E-state index contributed by atoms with van der Waals surface area (Å²) in [7, 11) is 0. The van der Waals surface area contributed by atoms with Gasteiger partial charge in [-0.3, -0.25) is 10.1 Å². The van der Waals surface area contributed by atoms with Crippen molar-refractivity contribution in [1.29, 1.82) is 0 Å². The second kappa shape index (κ2) is 4.61. The first-order valence-corrected chi connectivity index (χ1v) is 6.51. The van der Waals surface area contributed by atoms with Crippen molar-refractivity contribution in [1.82, 2.24) is 14.5 Å². The van der Waals surface area contributed by atoms with Crippen LogP contribution in [-0.2, 0) is 6.54 Å². The summed E-state index contributed by atoms with van der Waals surface area (Å²) in [4.78, 5) is 18.4. The first kappa shape index (κ1) is 12.1. The summed E-state index contributed by atoms with van der Waals surface area (Å²) in [5, 5.41) is 13.9. The van der Waals surface area contributed by atoms with Crippen molar-refractivity contribution in [2.24, 2.45) is 0 Å². The highest BCUT2D eigenvalue weighted by atomic mass is 79.9. The predicted octanol–water partition coefficient (Wildman–Crippen LogP) is 2.51. The smallest absolute Gasteiger partial charge is 0.288 e. The molecule has 1 atom stereocenters. The molecule has 98 valence electrons. The van der Waals surface area contributed by atoms with E-state index in [0.717, 1.165) is 18.7 Å². The molecule has 0 aliphatic carbocycles. The number of anilines is 1. The third-order valence-corrected chi connectivity index (χ3v) is 3.71. The average Bonchev–Trinajstić information content (AvgIpc) is 2.96. The van der Waals surface area contributed by atoms with E-state index in [1.54, 1.807) is 6.33 Å². The van der Waals surface area contributed by atoms with Gasteiger partial charge in [0, 0.05) is 12.6 Å². The number of rotatable bonds is 3. The lowest BCUT2D eigenvalue weighted by Crippen LogP contribution is -2.09. The monoisotopic (exact) mass is 323 g/mol. The minimum absolute atomic E-state index is 0.0334. The molecule has 3 rings (SSSR count). The summed E-state index contributed by atoms with van der Waals surface area (Å²) < 4.78 is 2.66. The van der Waals surface area contributed by atoms with Crippen molar-refractivity contribution in [3.8, 4) is 0 Å². The molecule has 1 aliphatic rings. The molecule has 0 spiro atoms. The molecule has 0 saturated heterocycles. The van der Waals surface area contributed by atoms with Crippen LogP contribution in [0.5, 0.6) is 0 Å². The summed E-state index contributed by atoms with van der Waals surface area (Å²) in [6.07, 6.45) is 5.82. The van der Waals surface area contributed by atoms with Crippen molar-refractivity contribution >= 4 is 27.4 Å². The van der Waals surface area contributed by atoms with Gasteiger partial charge in [0.25, 0.3) is 5.69 Å². The Morgan fingerprint density at radius 2 is 2.37 bits per heavy atom. The lowest BCUT2D eigenvalue weighted by atomic mass is 10.2. The Balaban J connectivity index is 1.83. The molecular formula is C11H10BrN5O2. The fourth-order valence-corrected chi connectivity index (χ4v) is 2.62. The maximum atomic E-state index is 10.7. The molecular weight excluding hydrogens is 314 g/mol. The molecule has 7 nitrogen and oxygen atoms in total. The van der Waals surface area contributed by atoms with Gasteiger partial charge in [-0.1, -0.05) is 0 Å². The largest absolute Gasteiger partial charge is 0.361 e. The van der Waals surface area contributed by atoms with Crippen LogP contribution in [0.1, 0.15) is 18.2 Å². The van der Waals surface area contributed by atoms with Gasteiger partial charge < -0.3 is 9.88 Å². The Labute approximate surface area is 117 Å². The number of fused-ring (bicyclic) bond motifs is 1. The minimum atomic E-state index is -0.466. The topological polar surface area (TPSA) is 85.9 Å². The second-order valence-electron chi connectivity index (χ2n) is 4.28. The van der Waals surface area contributed by atoms with Crippen LogP contribution < -0.4 is 5.32 Å². The van der Waals surface area contributed by atoms with Crippen molar-refractivity contribution in [2.75, 3.05) is 5.32 Å². The molecule has 2 aromatic rings. The molecule has 1 unspecified atom stereocenters. The fraction of sp³-hybridized carbons (Fsp3) is 0.273. The molecule has 2 aromatic heterocycles. The van der Waals surface area contributed by atoms with E-state index in [1.165, 1.54) is 12.3 Å². The number of pyridine rings is 1. The lowest BCUT2D eigenvalue weighted by Gasteiger charge is -2.13. The van der Waals surface area contributed by atoms with Gasteiger partial charge in [0.05, 0.1) is 33.7 Å². The second-order valence-corrected chi connectivity index (χ2v) is 5.13. The summed E-state index contributed by atoms with van der Waals surface area (Å²) in [6.45, 7) is 0.914. The molecule has 0 fully saturated rings. The Kier molecular flexibility index (Phi) is 2.94. The quantitative estimate of drug-likeness (QED) is 0.692. The number of hydrogen-bond donors (Lipinski definition) is 1. The number of imidazole rings is 1. The Bertz CT molecular complexity index is 642. The van der Waals surface area contributed by atoms with Crippen LogP contribution >= 0.6 is 15.9 Å². The zero-order valence-corrected chi connectivity index (χ0v) is 11.4. The third kappa shape index (κ3) is 2.19. The molecule has 1 N–H and O–H groups in total. The lowest BCUT2D eigenvalue weighted by molar-refractivity contribution is -0.385. The molecule has 0 amide bonds. The molecule has 1 aliphatic heterocycles. The number of aryl methyl sites for hydroxylation is 1. The van der Waals surface area contributed by atoms with Crippen molar-refractivity contribution in [3.05, 3.63) is 45.1 Å². The van der Waals surface area contributed by atoms with Crippen LogP contribution in [0, 0.1) is 10.1 Å². The van der Waals surface area contributed by atoms with Crippen LogP contribution in [0.3, 0.4) is 0 Å². The standard InChI is InChI=1S/C11H10BrN5O2/c12-8-3-7(17(18)19)4-14-11(8)15-9-1-2-16-6-13-5-10(9)16/h3-6,9H,1-2H2,(H,14,15). The van der Waals surface area contributed by atoms with E-state index < -0.39 is 4.92 Å². The number of hydrogen-bond acceptors (Lipinski definition) is 5. The van der Waals surface area contributed by atoms with Crippen LogP contribution in [0.15, 0.2) is 29.3 Å². The van der Waals surface area contributed by atoms with Gasteiger partial charge in [-0.05, 0) is 22.4 Å². The van der Waals surface area contributed by atoms with E-state index in [0.29, 0.717) is 10.3 Å². The molecule has 0 aromatic carbocycles.